The lowest BCUT2D eigenvalue weighted by Crippen LogP contribution is -2.18. The van der Waals surface area contributed by atoms with Crippen LogP contribution < -0.4 is 16.0 Å². The summed E-state index contributed by atoms with van der Waals surface area (Å²) in [5.41, 5.74) is 1.99. The lowest BCUT2D eigenvalue weighted by Gasteiger charge is -2.12. The van der Waals surface area contributed by atoms with E-state index >= 15 is 0 Å². The molecule has 0 fully saturated rings. The molecule has 0 aliphatic heterocycles. The third kappa shape index (κ3) is 3.49. The van der Waals surface area contributed by atoms with Gasteiger partial charge in [-0.2, -0.15) is 18.2 Å². The number of alkyl halides is 3. The smallest absolute Gasteiger partial charge is 0.451 e. The fourth-order valence-corrected chi connectivity index (χ4v) is 0.901. The molecule has 0 spiro atoms. The summed E-state index contributed by atoms with van der Waals surface area (Å²) in [7, 11) is 0. The lowest BCUT2D eigenvalue weighted by molar-refractivity contribution is -0.145. The van der Waals surface area contributed by atoms with E-state index in [2.05, 4.69) is 15.9 Å². The van der Waals surface area contributed by atoms with Crippen molar-refractivity contribution in [1.82, 2.24) is 9.97 Å². The van der Waals surface area contributed by atoms with Crippen LogP contribution in [0.3, 0.4) is 0 Å². The highest BCUT2D eigenvalue weighted by Crippen LogP contribution is 2.28. The highest BCUT2D eigenvalue weighted by atomic mass is 19.4. The maximum Gasteiger partial charge on any atom is 0.451 e. The molecule has 1 heterocycles. The highest BCUT2D eigenvalue weighted by Gasteiger charge is 2.35. The standard InChI is InChI=1S/C9H9F3N4O/c1-3-5(2)17-7-4-6(16-13)14-8(15-7)9(10,11)12/h1,4-5H,13H2,2H3,(H,14,15,16). The first-order valence-corrected chi connectivity index (χ1v) is 4.42. The van der Waals surface area contributed by atoms with E-state index in [1.807, 2.05) is 5.43 Å². The molecule has 0 aliphatic rings. The Morgan fingerprint density at radius 1 is 1.53 bits per heavy atom. The Bertz CT molecular complexity index is 441. The maximum absolute atomic E-state index is 12.4. The van der Waals surface area contributed by atoms with E-state index in [4.69, 9.17) is 17.0 Å². The molecule has 3 N–H and O–H groups in total. The van der Waals surface area contributed by atoms with Gasteiger partial charge in [0.2, 0.25) is 11.7 Å². The first-order valence-electron chi connectivity index (χ1n) is 4.42. The molecular weight excluding hydrogens is 237 g/mol. The van der Waals surface area contributed by atoms with Crippen molar-refractivity contribution in [3.8, 4) is 18.2 Å². The van der Waals surface area contributed by atoms with E-state index in [1.165, 1.54) is 6.92 Å². The number of terminal acetylenes is 1. The summed E-state index contributed by atoms with van der Waals surface area (Å²) in [5.74, 6) is 5.31. The van der Waals surface area contributed by atoms with Gasteiger partial charge in [0, 0.05) is 6.07 Å². The average molecular weight is 246 g/mol. The summed E-state index contributed by atoms with van der Waals surface area (Å²) in [6.45, 7) is 1.49. The first kappa shape index (κ1) is 13.1. The molecule has 1 aromatic rings. The minimum atomic E-state index is -4.69. The third-order valence-electron chi connectivity index (χ3n) is 1.64. The predicted molar refractivity (Wildman–Crippen MR) is 53.8 cm³/mol. The van der Waals surface area contributed by atoms with Crippen molar-refractivity contribution in [3.05, 3.63) is 11.9 Å². The Kier molecular flexibility index (Phi) is 3.75. The number of ether oxygens (including phenoxy) is 1. The SMILES string of the molecule is C#CC(C)Oc1cc(NN)nc(C(F)(F)F)n1. The Labute approximate surface area is 95.2 Å². The van der Waals surface area contributed by atoms with Crippen LogP contribution in [0.2, 0.25) is 0 Å². The number of hydrogen-bond acceptors (Lipinski definition) is 5. The number of anilines is 1. The molecule has 0 saturated carbocycles. The van der Waals surface area contributed by atoms with E-state index in [0.717, 1.165) is 6.07 Å². The number of nitrogen functional groups attached to an aromatic ring is 1. The van der Waals surface area contributed by atoms with Crippen molar-refractivity contribution in [2.24, 2.45) is 5.84 Å². The largest absolute Gasteiger partial charge is 0.461 e. The van der Waals surface area contributed by atoms with Crippen LogP contribution in [0.5, 0.6) is 5.88 Å². The highest BCUT2D eigenvalue weighted by molar-refractivity contribution is 5.37. The van der Waals surface area contributed by atoms with Crippen LogP contribution in [-0.2, 0) is 6.18 Å². The Morgan fingerprint density at radius 2 is 2.18 bits per heavy atom. The number of rotatable bonds is 3. The van der Waals surface area contributed by atoms with Gasteiger partial charge in [-0.15, -0.1) is 6.42 Å². The van der Waals surface area contributed by atoms with Gasteiger partial charge in [-0.05, 0) is 6.92 Å². The summed E-state index contributed by atoms with van der Waals surface area (Å²) >= 11 is 0. The summed E-state index contributed by atoms with van der Waals surface area (Å²) in [4.78, 5) is 6.34. The monoisotopic (exact) mass is 246 g/mol. The second kappa shape index (κ2) is 4.88. The lowest BCUT2D eigenvalue weighted by atomic mass is 10.4. The molecule has 17 heavy (non-hydrogen) atoms. The van der Waals surface area contributed by atoms with Crippen molar-refractivity contribution < 1.29 is 17.9 Å². The Balaban J connectivity index is 3.11. The number of nitrogens with zero attached hydrogens (tertiary/aromatic N) is 2. The van der Waals surface area contributed by atoms with Gasteiger partial charge in [-0.3, -0.25) is 0 Å². The van der Waals surface area contributed by atoms with Crippen LogP contribution in [0.4, 0.5) is 19.0 Å². The van der Waals surface area contributed by atoms with Gasteiger partial charge in [-0.1, -0.05) is 5.92 Å². The molecule has 0 radical (unpaired) electrons. The molecule has 1 rings (SSSR count). The van der Waals surface area contributed by atoms with Gasteiger partial charge in [0.25, 0.3) is 0 Å². The molecule has 0 bridgehead atoms. The second-order valence-corrected chi connectivity index (χ2v) is 2.98. The van der Waals surface area contributed by atoms with Gasteiger partial charge in [0.15, 0.2) is 6.10 Å². The van der Waals surface area contributed by atoms with Crippen LogP contribution in [0.1, 0.15) is 12.7 Å². The quantitative estimate of drug-likeness (QED) is 0.476. The topological polar surface area (TPSA) is 73.1 Å². The predicted octanol–water partition coefficient (Wildman–Crippen LogP) is 1.18. The molecule has 8 heteroatoms. The maximum atomic E-state index is 12.4. The van der Waals surface area contributed by atoms with Crippen molar-refractivity contribution in [2.75, 3.05) is 5.43 Å². The van der Waals surface area contributed by atoms with Crippen molar-refractivity contribution >= 4 is 5.82 Å². The summed E-state index contributed by atoms with van der Waals surface area (Å²) in [6.07, 6.45) is -0.368. The summed E-state index contributed by atoms with van der Waals surface area (Å²) in [5, 5.41) is 0. The van der Waals surface area contributed by atoms with E-state index < -0.39 is 18.1 Å². The molecule has 1 unspecified atom stereocenters. The molecule has 5 nitrogen and oxygen atoms in total. The van der Waals surface area contributed by atoms with E-state index in [1.54, 1.807) is 0 Å². The number of nitrogens with two attached hydrogens (primary N) is 1. The third-order valence-corrected chi connectivity index (χ3v) is 1.64. The fourth-order valence-electron chi connectivity index (χ4n) is 0.901. The van der Waals surface area contributed by atoms with Crippen molar-refractivity contribution in [1.29, 1.82) is 0 Å². The number of halogens is 3. The number of hydrogen-bond donors (Lipinski definition) is 2. The van der Waals surface area contributed by atoms with Gasteiger partial charge in [-0.25, -0.2) is 10.8 Å². The van der Waals surface area contributed by atoms with E-state index in [0.29, 0.717) is 0 Å². The molecular formula is C9H9F3N4O. The molecule has 0 aliphatic carbocycles. The zero-order valence-electron chi connectivity index (χ0n) is 8.75. The molecule has 0 aromatic carbocycles. The second-order valence-electron chi connectivity index (χ2n) is 2.98. The van der Waals surface area contributed by atoms with Gasteiger partial charge in [0.1, 0.15) is 5.82 Å². The zero-order valence-corrected chi connectivity index (χ0v) is 8.75. The fraction of sp³-hybridized carbons (Fsp3) is 0.333. The van der Waals surface area contributed by atoms with Crippen molar-refractivity contribution in [2.45, 2.75) is 19.2 Å². The number of nitrogens with one attached hydrogen (secondary N) is 1. The number of hydrazine groups is 1. The molecule has 92 valence electrons. The van der Waals surface area contributed by atoms with Gasteiger partial charge >= 0.3 is 6.18 Å². The average Bonchev–Trinajstić information content (AvgIpc) is 2.27. The molecule has 0 saturated heterocycles. The zero-order chi connectivity index (χ0) is 13.1. The molecule has 1 atom stereocenters. The van der Waals surface area contributed by atoms with Crippen LogP contribution in [0.15, 0.2) is 6.07 Å². The number of aromatic nitrogens is 2. The van der Waals surface area contributed by atoms with Crippen LogP contribution in [0, 0.1) is 12.3 Å². The van der Waals surface area contributed by atoms with Crippen LogP contribution in [0.25, 0.3) is 0 Å². The van der Waals surface area contributed by atoms with Crippen molar-refractivity contribution in [3.63, 3.8) is 0 Å². The van der Waals surface area contributed by atoms with E-state index in [9.17, 15) is 13.2 Å². The van der Waals surface area contributed by atoms with Gasteiger partial charge in [0.05, 0.1) is 0 Å². The molecule has 1 aromatic heterocycles. The van der Waals surface area contributed by atoms with Crippen LogP contribution >= 0.6 is 0 Å². The van der Waals surface area contributed by atoms with Gasteiger partial charge < -0.3 is 10.2 Å². The summed E-state index contributed by atoms with van der Waals surface area (Å²) < 4.78 is 42.2. The summed E-state index contributed by atoms with van der Waals surface area (Å²) in [6, 6.07) is 1.11. The van der Waals surface area contributed by atoms with Crippen LogP contribution in [-0.4, -0.2) is 16.1 Å². The first-order chi connectivity index (χ1) is 7.86. The molecule has 0 amide bonds. The minimum Gasteiger partial charge on any atom is -0.461 e. The Morgan fingerprint density at radius 3 is 2.65 bits per heavy atom. The minimum absolute atomic E-state index is 0.216. The normalized spacial score (nSPS) is 12.7. The van der Waals surface area contributed by atoms with E-state index in [-0.39, 0.29) is 11.7 Å². The Hall–Kier alpha value is -2.01.